The fourth-order valence-corrected chi connectivity index (χ4v) is 7.93. The molecule has 53 heavy (non-hydrogen) atoms. The summed E-state index contributed by atoms with van der Waals surface area (Å²) in [7, 11) is 0. The first-order chi connectivity index (χ1) is 26.2. The van der Waals surface area contributed by atoms with E-state index in [9.17, 15) is 0 Å². The number of hydrogen-bond donors (Lipinski definition) is 0. The van der Waals surface area contributed by atoms with E-state index in [4.69, 9.17) is 8.83 Å². The number of nitrogens with zero attached hydrogens (tertiary/aromatic N) is 1. The van der Waals surface area contributed by atoms with Crippen molar-refractivity contribution in [2.24, 2.45) is 0 Å². The van der Waals surface area contributed by atoms with E-state index < -0.39 is 0 Å². The summed E-state index contributed by atoms with van der Waals surface area (Å²) in [5, 5.41) is 6.97. The first kappa shape index (κ1) is 30.9. The van der Waals surface area contributed by atoms with Crippen LogP contribution < -0.4 is 0 Å². The van der Waals surface area contributed by atoms with Gasteiger partial charge in [0.05, 0.1) is 11.0 Å². The van der Waals surface area contributed by atoms with Crippen molar-refractivity contribution in [2.75, 3.05) is 0 Å². The summed E-state index contributed by atoms with van der Waals surface area (Å²) < 4.78 is 14.8. The van der Waals surface area contributed by atoms with Crippen LogP contribution in [-0.4, -0.2) is 4.57 Å². The van der Waals surface area contributed by atoms with Crippen molar-refractivity contribution in [3.63, 3.8) is 0 Å². The highest BCUT2D eigenvalue weighted by Crippen LogP contribution is 2.39. The van der Waals surface area contributed by atoms with Crippen molar-refractivity contribution >= 4 is 65.7 Å². The van der Waals surface area contributed by atoms with Crippen molar-refractivity contribution in [2.45, 2.75) is 13.8 Å². The Bertz CT molecular complexity index is 3140. The average molecular weight is 682 g/mol. The van der Waals surface area contributed by atoms with Gasteiger partial charge >= 0.3 is 0 Å². The first-order valence-corrected chi connectivity index (χ1v) is 18.3. The molecule has 252 valence electrons. The second-order valence-corrected chi connectivity index (χ2v) is 13.3. The predicted octanol–water partition coefficient (Wildman–Crippen LogP) is 14.6. The van der Waals surface area contributed by atoms with Crippen LogP contribution in [0.1, 0.15) is 13.8 Å². The fourth-order valence-electron chi connectivity index (χ4n) is 7.93. The van der Waals surface area contributed by atoms with Gasteiger partial charge in [0.25, 0.3) is 0 Å². The average Bonchev–Trinajstić information content (AvgIpc) is 3.90. The Morgan fingerprint density at radius 2 is 0.774 bits per heavy atom. The van der Waals surface area contributed by atoms with E-state index >= 15 is 0 Å². The Balaban J connectivity index is 0.00000172. The lowest BCUT2D eigenvalue weighted by Gasteiger charge is -2.09. The maximum absolute atomic E-state index is 6.32. The van der Waals surface area contributed by atoms with Crippen LogP contribution in [0.4, 0.5) is 0 Å². The molecule has 0 aliphatic heterocycles. The molecule has 0 amide bonds. The molecule has 0 aliphatic carbocycles. The molecule has 0 atom stereocenters. The maximum Gasteiger partial charge on any atom is 0.135 e. The molecule has 3 heteroatoms. The zero-order valence-electron chi connectivity index (χ0n) is 29.5. The third-order valence-corrected chi connectivity index (χ3v) is 10.4. The van der Waals surface area contributed by atoms with Gasteiger partial charge in [0, 0.05) is 38.0 Å². The molecule has 11 aromatic rings. The number of fused-ring (bicyclic) bond motifs is 9. The minimum absolute atomic E-state index is 0.891. The molecule has 3 aromatic heterocycles. The van der Waals surface area contributed by atoms with Gasteiger partial charge in [-0.25, -0.2) is 0 Å². The first-order valence-electron chi connectivity index (χ1n) is 18.3. The topological polar surface area (TPSA) is 31.2 Å². The lowest BCUT2D eigenvalue weighted by molar-refractivity contribution is 0.668. The molecule has 11 rings (SSSR count). The zero-order chi connectivity index (χ0) is 35.5. The number of benzene rings is 8. The second kappa shape index (κ2) is 12.4. The molecule has 0 unspecified atom stereocenters. The minimum atomic E-state index is 0.891. The molecule has 0 radical (unpaired) electrons. The molecule has 0 saturated carbocycles. The van der Waals surface area contributed by atoms with Crippen molar-refractivity contribution in [1.82, 2.24) is 4.57 Å². The van der Waals surface area contributed by atoms with Crippen molar-refractivity contribution in [3.8, 4) is 39.1 Å². The van der Waals surface area contributed by atoms with Gasteiger partial charge in [0.15, 0.2) is 0 Å². The van der Waals surface area contributed by atoms with Crippen LogP contribution in [0, 0.1) is 0 Å². The van der Waals surface area contributed by atoms with E-state index in [-0.39, 0.29) is 0 Å². The number of hydrogen-bond acceptors (Lipinski definition) is 2. The van der Waals surface area contributed by atoms with Crippen LogP contribution >= 0.6 is 0 Å². The van der Waals surface area contributed by atoms with E-state index in [1.54, 1.807) is 0 Å². The summed E-state index contributed by atoms with van der Waals surface area (Å²) >= 11 is 0. The van der Waals surface area contributed by atoms with E-state index in [1.807, 2.05) is 26.0 Å². The summed E-state index contributed by atoms with van der Waals surface area (Å²) in [6.45, 7) is 4.00. The third-order valence-electron chi connectivity index (χ3n) is 10.4. The van der Waals surface area contributed by atoms with Crippen LogP contribution in [0.25, 0.3) is 105 Å². The van der Waals surface area contributed by atoms with Crippen LogP contribution in [0.3, 0.4) is 0 Å². The Labute approximate surface area is 306 Å². The van der Waals surface area contributed by atoms with E-state index in [2.05, 4.69) is 168 Å². The molecule has 0 spiro atoms. The highest BCUT2D eigenvalue weighted by Gasteiger charge is 2.16. The maximum atomic E-state index is 6.32. The molecule has 3 nitrogen and oxygen atoms in total. The quantitative estimate of drug-likeness (QED) is 0.185. The van der Waals surface area contributed by atoms with Gasteiger partial charge in [-0.2, -0.15) is 0 Å². The summed E-state index contributed by atoms with van der Waals surface area (Å²) in [5.41, 5.74) is 14.2. The fraction of sp³-hybridized carbons (Fsp3) is 0.0400. The van der Waals surface area contributed by atoms with Gasteiger partial charge in [-0.15, -0.1) is 0 Å². The number of para-hydroxylation sites is 2. The molecule has 0 saturated heterocycles. The van der Waals surface area contributed by atoms with E-state index in [1.165, 1.54) is 55.2 Å². The standard InChI is InChI=1S/C48H29NO2.C2H6/c1-2-9-30(10-3-1)33-18-22-47-41(27-33)42-29-36(20-24-48(42)51-47)49-43-15-6-4-13-37(43)39-26-34(17-21-44(39)49)31-11-8-12-32(25-31)35-19-23-46-40(28-35)38-14-5-7-16-45(38)50-46;1-2/h1-29H;1-2H3. The van der Waals surface area contributed by atoms with Crippen LogP contribution in [0.15, 0.2) is 185 Å². The highest BCUT2D eigenvalue weighted by molar-refractivity contribution is 6.12. The largest absolute Gasteiger partial charge is 0.456 e. The number of furan rings is 2. The molecule has 0 aliphatic rings. The minimum Gasteiger partial charge on any atom is -0.456 e. The van der Waals surface area contributed by atoms with Gasteiger partial charge in [-0.1, -0.05) is 117 Å². The molecule has 8 aromatic carbocycles. The molecular weight excluding hydrogens is 647 g/mol. The Morgan fingerprint density at radius 3 is 1.51 bits per heavy atom. The third kappa shape index (κ3) is 5.04. The molecule has 0 fully saturated rings. The van der Waals surface area contributed by atoms with Crippen molar-refractivity contribution in [1.29, 1.82) is 0 Å². The van der Waals surface area contributed by atoms with Gasteiger partial charge in [-0.05, 0) is 106 Å². The Morgan fingerprint density at radius 1 is 0.302 bits per heavy atom. The summed E-state index contributed by atoms with van der Waals surface area (Å²) in [5.74, 6) is 0. The Kier molecular flexibility index (Phi) is 7.26. The SMILES string of the molecule is CC.c1ccc(-c2ccc3oc4ccc(-n5c6ccccc6c6cc(-c7cccc(-c8ccc9oc%10ccccc%10c9c8)c7)ccc65)cc4c3c2)cc1. The van der Waals surface area contributed by atoms with Gasteiger partial charge in [0.2, 0.25) is 0 Å². The van der Waals surface area contributed by atoms with Crippen molar-refractivity contribution in [3.05, 3.63) is 176 Å². The zero-order valence-corrected chi connectivity index (χ0v) is 29.5. The highest BCUT2D eigenvalue weighted by atomic mass is 16.3. The van der Waals surface area contributed by atoms with Crippen molar-refractivity contribution < 1.29 is 8.83 Å². The van der Waals surface area contributed by atoms with E-state index in [0.29, 0.717) is 0 Å². The summed E-state index contributed by atoms with van der Waals surface area (Å²) in [4.78, 5) is 0. The number of rotatable bonds is 4. The van der Waals surface area contributed by atoms with Crippen LogP contribution in [-0.2, 0) is 0 Å². The summed E-state index contributed by atoms with van der Waals surface area (Å²) in [6, 6.07) is 62.7. The lowest BCUT2D eigenvalue weighted by atomic mass is 9.97. The molecule has 3 heterocycles. The number of aromatic nitrogens is 1. The lowest BCUT2D eigenvalue weighted by Crippen LogP contribution is -1.93. The predicted molar refractivity (Wildman–Crippen MR) is 223 cm³/mol. The van der Waals surface area contributed by atoms with Gasteiger partial charge in [0.1, 0.15) is 22.3 Å². The Hall–Kier alpha value is -6.84. The normalized spacial score (nSPS) is 11.6. The molecule has 0 N–H and O–H groups in total. The molecular formula is C50H35NO2. The van der Waals surface area contributed by atoms with Crippen LogP contribution in [0.2, 0.25) is 0 Å². The monoisotopic (exact) mass is 681 g/mol. The van der Waals surface area contributed by atoms with Crippen LogP contribution in [0.5, 0.6) is 0 Å². The van der Waals surface area contributed by atoms with E-state index in [0.717, 1.165) is 49.6 Å². The second-order valence-electron chi connectivity index (χ2n) is 13.3. The smallest absolute Gasteiger partial charge is 0.135 e. The van der Waals surface area contributed by atoms with Gasteiger partial charge in [-0.3, -0.25) is 0 Å². The molecule has 0 bridgehead atoms. The van der Waals surface area contributed by atoms with Gasteiger partial charge < -0.3 is 13.4 Å². The summed E-state index contributed by atoms with van der Waals surface area (Å²) in [6.07, 6.45) is 0.